The Balaban J connectivity index is 0. The summed E-state index contributed by atoms with van der Waals surface area (Å²) >= 11 is 0. The number of allylic oxidation sites excluding steroid dienone is 1. The first-order chi connectivity index (χ1) is 15.0. The van der Waals surface area contributed by atoms with Crippen molar-refractivity contribution in [2.75, 3.05) is 0 Å². The van der Waals surface area contributed by atoms with Gasteiger partial charge in [0.15, 0.2) is 0 Å². The summed E-state index contributed by atoms with van der Waals surface area (Å²) in [5.74, 6) is 0.375. The summed E-state index contributed by atoms with van der Waals surface area (Å²) in [6.07, 6.45) is 5.83. The lowest BCUT2D eigenvalue weighted by Crippen LogP contribution is -2.20. The average molecular weight is 439 g/mol. The molecule has 1 aliphatic rings. The van der Waals surface area contributed by atoms with Gasteiger partial charge in [-0.05, 0) is 60.8 Å². The minimum atomic E-state index is 0.0556. The molecule has 0 aliphatic heterocycles. The van der Waals surface area contributed by atoms with Crippen molar-refractivity contribution in [1.82, 2.24) is 0 Å². The quantitative estimate of drug-likeness (QED) is 0.426. The van der Waals surface area contributed by atoms with Crippen LogP contribution in [0.1, 0.15) is 95.9 Å². The van der Waals surface area contributed by atoms with Crippen molar-refractivity contribution in [3.63, 3.8) is 0 Å². The van der Waals surface area contributed by atoms with Crippen LogP contribution in [0, 0.1) is 33.1 Å². The number of hydrogen-bond donors (Lipinski definition) is 0. The van der Waals surface area contributed by atoms with Crippen molar-refractivity contribution in [3.05, 3.63) is 82.9 Å². The Labute approximate surface area is 200 Å². The molecule has 2 aromatic carbocycles. The van der Waals surface area contributed by atoms with Gasteiger partial charge in [0, 0.05) is 5.41 Å². The van der Waals surface area contributed by atoms with Gasteiger partial charge in [-0.15, -0.1) is 6.58 Å². The van der Waals surface area contributed by atoms with Crippen molar-refractivity contribution in [2.24, 2.45) is 5.41 Å². The molecule has 3 rings (SSSR count). The molecule has 1 saturated carbocycles. The van der Waals surface area contributed by atoms with E-state index < -0.39 is 0 Å². The fourth-order valence-corrected chi connectivity index (χ4v) is 2.95. The molecule has 0 spiro atoms. The summed E-state index contributed by atoms with van der Waals surface area (Å²) in [6.45, 7) is 24.0. The minimum absolute atomic E-state index is 0.0556. The van der Waals surface area contributed by atoms with E-state index in [1.807, 2.05) is 20.8 Å². The number of rotatable bonds is 2. The number of ketones is 1. The summed E-state index contributed by atoms with van der Waals surface area (Å²) in [5.41, 5.74) is 6.64. The minimum Gasteiger partial charge on any atom is -0.299 e. The van der Waals surface area contributed by atoms with Crippen LogP contribution in [-0.2, 0) is 4.79 Å². The molecule has 0 atom stereocenters. The van der Waals surface area contributed by atoms with Crippen LogP contribution >= 0.6 is 0 Å². The van der Waals surface area contributed by atoms with Crippen LogP contribution in [0.2, 0.25) is 0 Å². The molecule has 0 heterocycles. The molecule has 180 valence electrons. The molecule has 2 aromatic rings. The number of carbonyl (C=O) groups excluding carboxylic acids is 1. The largest absolute Gasteiger partial charge is 0.299 e. The summed E-state index contributed by atoms with van der Waals surface area (Å²) in [7, 11) is 0. The van der Waals surface area contributed by atoms with Gasteiger partial charge in [0.2, 0.25) is 0 Å². The zero-order chi connectivity index (χ0) is 25.2. The Morgan fingerprint density at radius 1 is 0.812 bits per heavy atom. The van der Waals surface area contributed by atoms with Gasteiger partial charge in [-0.25, -0.2) is 0 Å². The maximum Gasteiger partial charge on any atom is 0.135 e. The van der Waals surface area contributed by atoms with Gasteiger partial charge in [-0.2, -0.15) is 0 Å². The molecule has 0 saturated heterocycles. The summed E-state index contributed by atoms with van der Waals surface area (Å²) in [6, 6.07) is 16.9. The highest BCUT2D eigenvalue weighted by Gasteiger charge is 2.32. The second-order valence-corrected chi connectivity index (χ2v) is 8.95. The van der Waals surface area contributed by atoms with E-state index in [0.29, 0.717) is 5.78 Å². The van der Waals surface area contributed by atoms with E-state index in [1.165, 1.54) is 40.7 Å². The molecule has 32 heavy (non-hydrogen) atoms. The van der Waals surface area contributed by atoms with Crippen LogP contribution in [-0.4, -0.2) is 5.78 Å². The van der Waals surface area contributed by atoms with Gasteiger partial charge in [0.1, 0.15) is 5.78 Å². The van der Waals surface area contributed by atoms with E-state index in [2.05, 4.69) is 96.7 Å². The van der Waals surface area contributed by atoms with Crippen LogP contribution in [0.25, 0.3) is 0 Å². The van der Waals surface area contributed by atoms with Gasteiger partial charge in [-0.3, -0.25) is 4.79 Å². The number of benzene rings is 2. The third-order valence-electron chi connectivity index (χ3n) is 5.55. The molecule has 1 heteroatoms. The zero-order valence-corrected chi connectivity index (χ0v) is 22.8. The number of aryl methyl sites for hydroxylation is 4. The zero-order valence-electron chi connectivity index (χ0n) is 22.8. The third kappa shape index (κ3) is 16.5. The first kappa shape index (κ1) is 32.0. The number of hydrogen-bond acceptors (Lipinski definition) is 1. The van der Waals surface area contributed by atoms with Crippen molar-refractivity contribution in [1.29, 1.82) is 0 Å². The predicted octanol–water partition coefficient (Wildman–Crippen LogP) is 9.76. The highest BCUT2D eigenvalue weighted by Crippen LogP contribution is 2.37. The molecule has 1 fully saturated rings. The Hall–Kier alpha value is -2.15. The van der Waals surface area contributed by atoms with Crippen LogP contribution < -0.4 is 0 Å². The van der Waals surface area contributed by atoms with E-state index in [1.54, 1.807) is 6.92 Å². The maximum absolute atomic E-state index is 11.0. The predicted molar refractivity (Wildman–Crippen MR) is 146 cm³/mol. The SMILES string of the molecule is C=C(C)CC.CC.CC(=O)C1(C)CCCC1.Cc1ccc(C)cc1.Cc1cccc(C)c1. The fraction of sp³-hybridized carbons (Fsp3) is 0.516. The highest BCUT2D eigenvalue weighted by molar-refractivity contribution is 5.82. The Bertz CT molecular complexity index is 708. The molecule has 0 radical (unpaired) electrons. The van der Waals surface area contributed by atoms with Gasteiger partial charge in [0.25, 0.3) is 0 Å². The standard InChI is InChI=1S/C8H14O.2C8H10.C5H10.C2H6/c1-7(9)8(2)5-3-4-6-8;1-7-3-5-8(2)6-4-7;1-7-4-3-5-8(2)6-7;1-4-5(2)3;1-2/h3-6H2,1-2H3;2*3-6H,1-2H3;2,4H2,1,3H3;1-2H3. The molecular formula is C31H50O. The van der Waals surface area contributed by atoms with Crippen LogP contribution in [0.5, 0.6) is 0 Å². The molecule has 1 aliphatic carbocycles. The molecule has 0 aromatic heterocycles. The van der Waals surface area contributed by atoms with Crippen LogP contribution in [0.15, 0.2) is 60.7 Å². The smallest absolute Gasteiger partial charge is 0.135 e. The van der Waals surface area contributed by atoms with Gasteiger partial charge in [0.05, 0.1) is 0 Å². The fourth-order valence-electron chi connectivity index (χ4n) is 2.95. The van der Waals surface area contributed by atoms with E-state index in [4.69, 9.17) is 0 Å². The van der Waals surface area contributed by atoms with Crippen LogP contribution in [0.3, 0.4) is 0 Å². The Morgan fingerprint density at radius 3 is 1.34 bits per heavy atom. The van der Waals surface area contributed by atoms with Gasteiger partial charge in [-0.1, -0.05) is 117 Å². The van der Waals surface area contributed by atoms with Crippen molar-refractivity contribution < 1.29 is 4.79 Å². The maximum atomic E-state index is 11.0. The highest BCUT2D eigenvalue weighted by atomic mass is 16.1. The summed E-state index contributed by atoms with van der Waals surface area (Å²) < 4.78 is 0. The van der Waals surface area contributed by atoms with E-state index in [-0.39, 0.29) is 5.41 Å². The van der Waals surface area contributed by atoms with Crippen molar-refractivity contribution >= 4 is 5.78 Å². The third-order valence-corrected chi connectivity index (χ3v) is 5.55. The molecule has 0 amide bonds. The van der Waals surface area contributed by atoms with Gasteiger partial charge >= 0.3 is 0 Å². The molecule has 0 unspecified atom stereocenters. The lowest BCUT2D eigenvalue weighted by Gasteiger charge is -2.18. The normalized spacial score (nSPS) is 12.8. The molecular weight excluding hydrogens is 388 g/mol. The van der Waals surface area contributed by atoms with Crippen LogP contribution in [0.4, 0.5) is 0 Å². The Morgan fingerprint density at radius 2 is 1.16 bits per heavy atom. The number of Topliss-reactive ketones (excluding diaryl/α,β-unsaturated/α-hetero) is 1. The lowest BCUT2D eigenvalue weighted by atomic mass is 9.85. The number of carbonyl (C=O) groups is 1. The molecule has 1 nitrogen and oxygen atoms in total. The lowest BCUT2D eigenvalue weighted by molar-refractivity contribution is -0.125. The van der Waals surface area contributed by atoms with Gasteiger partial charge < -0.3 is 0 Å². The van der Waals surface area contributed by atoms with Crippen molar-refractivity contribution in [3.8, 4) is 0 Å². The summed E-state index contributed by atoms with van der Waals surface area (Å²) in [5, 5.41) is 0. The van der Waals surface area contributed by atoms with Crippen molar-refractivity contribution in [2.45, 2.75) is 101 Å². The second kappa shape index (κ2) is 18.4. The second-order valence-electron chi connectivity index (χ2n) is 8.95. The first-order valence-electron chi connectivity index (χ1n) is 12.2. The molecule has 0 bridgehead atoms. The monoisotopic (exact) mass is 438 g/mol. The van der Waals surface area contributed by atoms with E-state index >= 15 is 0 Å². The first-order valence-corrected chi connectivity index (χ1v) is 12.2. The summed E-state index contributed by atoms with van der Waals surface area (Å²) in [4.78, 5) is 11.0. The average Bonchev–Trinajstić information content (AvgIpc) is 3.21. The van der Waals surface area contributed by atoms with E-state index in [0.717, 1.165) is 19.3 Å². The molecule has 0 N–H and O–H groups in total. The Kier molecular flexibility index (Phi) is 18.4. The van der Waals surface area contributed by atoms with E-state index in [9.17, 15) is 4.79 Å². The topological polar surface area (TPSA) is 17.1 Å².